The summed E-state index contributed by atoms with van der Waals surface area (Å²) in [5, 5.41) is 0. The molecule has 2 N–H and O–H groups in total. The number of hydrogen-bond donors (Lipinski definition) is 1. The van der Waals surface area contributed by atoms with Gasteiger partial charge in [-0.15, -0.1) is 0 Å². The van der Waals surface area contributed by atoms with E-state index in [0.29, 0.717) is 12.1 Å². The number of rotatable bonds is 3. The van der Waals surface area contributed by atoms with Crippen LogP contribution in [0.25, 0.3) is 0 Å². The molecule has 1 aromatic carbocycles. The third-order valence-corrected chi connectivity index (χ3v) is 7.21. The van der Waals surface area contributed by atoms with E-state index in [0.717, 1.165) is 42.1 Å². The van der Waals surface area contributed by atoms with Crippen LogP contribution in [-0.2, 0) is 4.74 Å². The molecule has 4 nitrogen and oxygen atoms in total. The van der Waals surface area contributed by atoms with Gasteiger partial charge < -0.3 is 15.4 Å². The Morgan fingerprint density at radius 1 is 1.19 bits per heavy atom. The van der Waals surface area contributed by atoms with E-state index in [1.807, 2.05) is 24.3 Å². The molecular weight excluding hydrogens is 342 g/mol. The minimum absolute atomic E-state index is 0.132. The van der Waals surface area contributed by atoms with Gasteiger partial charge in [-0.1, -0.05) is 12.2 Å². The second kappa shape index (κ2) is 7.45. The van der Waals surface area contributed by atoms with Crippen molar-refractivity contribution in [3.8, 4) is 0 Å². The highest BCUT2D eigenvalue weighted by Gasteiger charge is 2.47. The Morgan fingerprint density at radius 2 is 1.92 bits per heavy atom. The molecule has 1 saturated carbocycles. The zero-order valence-electron chi connectivity index (χ0n) is 15.8. The number of benzene rings is 1. The summed E-state index contributed by atoms with van der Waals surface area (Å²) >= 11 is 5.86. The van der Waals surface area contributed by atoms with E-state index in [2.05, 4.69) is 16.8 Å². The molecule has 1 spiro atoms. The van der Waals surface area contributed by atoms with Crippen LogP contribution in [-0.4, -0.2) is 59.2 Å². The largest absolute Gasteiger partial charge is 0.399 e. The molecule has 0 amide bonds. The van der Waals surface area contributed by atoms with Gasteiger partial charge in [0.1, 0.15) is 4.99 Å². The van der Waals surface area contributed by atoms with Gasteiger partial charge in [0, 0.05) is 37.0 Å². The summed E-state index contributed by atoms with van der Waals surface area (Å²) in [6.45, 7) is 3.39. The highest BCUT2D eigenvalue weighted by atomic mass is 32.1. The van der Waals surface area contributed by atoms with E-state index in [-0.39, 0.29) is 5.60 Å². The number of nitrogen functional groups attached to an aromatic ring is 1. The number of ether oxygens (including phenoxy) is 1. The van der Waals surface area contributed by atoms with Crippen molar-refractivity contribution in [2.75, 3.05) is 32.5 Å². The maximum atomic E-state index is 6.27. The lowest BCUT2D eigenvalue weighted by molar-refractivity contribution is -0.0652. The molecule has 3 atom stereocenters. The Labute approximate surface area is 162 Å². The van der Waals surface area contributed by atoms with Gasteiger partial charge in [0.15, 0.2) is 0 Å². The van der Waals surface area contributed by atoms with Crippen molar-refractivity contribution in [2.24, 2.45) is 0 Å². The molecule has 2 heterocycles. The molecule has 5 heteroatoms. The van der Waals surface area contributed by atoms with Crippen LogP contribution in [0.5, 0.6) is 0 Å². The van der Waals surface area contributed by atoms with Crippen LogP contribution in [0.2, 0.25) is 0 Å². The number of hydrogen-bond acceptors (Lipinski definition) is 4. The van der Waals surface area contributed by atoms with Gasteiger partial charge in [-0.05, 0) is 82.3 Å². The fourth-order valence-corrected chi connectivity index (χ4v) is 5.48. The monoisotopic (exact) mass is 373 g/mol. The minimum Gasteiger partial charge on any atom is -0.399 e. The lowest BCUT2D eigenvalue weighted by atomic mass is 9.76. The Hall–Kier alpha value is -1.17. The average Bonchev–Trinajstić information content (AvgIpc) is 3.34. The Bertz CT molecular complexity index is 635. The molecule has 0 aromatic heterocycles. The topological polar surface area (TPSA) is 41.7 Å². The van der Waals surface area contributed by atoms with Crippen LogP contribution in [0.3, 0.4) is 0 Å². The number of thiocarbonyl (C=S) groups is 1. The molecule has 0 radical (unpaired) electrons. The van der Waals surface area contributed by atoms with Crippen LogP contribution in [0, 0.1) is 0 Å². The van der Waals surface area contributed by atoms with Crippen molar-refractivity contribution in [2.45, 2.75) is 62.6 Å². The predicted molar refractivity (Wildman–Crippen MR) is 110 cm³/mol. The van der Waals surface area contributed by atoms with Crippen LogP contribution in [0.1, 0.15) is 50.5 Å². The quantitative estimate of drug-likeness (QED) is 0.649. The Morgan fingerprint density at radius 3 is 2.58 bits per heavy atom. The maximum Gasteiger partial charge on any atom is 0.109 e. The maximum absolute atomic E-state index is 6.27. The van der Waals surface area contributed by atoms with Gasteiger partial charge >= 0.3 is 0 Å². The molecule has 3 unspecified atom stereocenters. The summed E-state index contributed by atoms with van der Waals surface area (Å²) in [7, 11) is 2.18. The van der Waals surface area contributed by atoms with E-state index in [4.69, 9.17) is 22.7 Å². The van der Waals surface area contributed by atoms with Crippen LogP contribution in [0.4, 0.5) is 5.69 Å². The zero-order chi connectivity index (χ0) is 18.1. The van der Waals surface area contributed by atoms with Crippen molar-refractivity contribution in [1.29, 1.82) is 0 Å². The van der Waals surface area contributed by atoms with Crippen LogP contribution < -0.4 is 5.73 Å². The predicted octanol–water partition coefficient (Wildman–Crippen LogP) is 3.44. The van der Waals surface area contributed by atoms with Crippen molar-refractivity contribution in [3.05, 3.63) is 29.8 Å². The number of nitrogens with two attached hydrogens (primary N) is 1. The molecule has 2 aliphatic heterocycles. The third-order valence-electron chi connectivity index (χ3n) is 6.69. The third kappa shape index (κ3) is 3.49. The van der Waals surface area contributed by atoms with Crippen molar-refractivity contribution in [1.82, 2.24) is 9.80 Å². The fraction of sp³-hybridized carbons (Fsp3) is 0.667. The normalized spacial score (nSPS) is 32.2. The van der Waals surface area contributed by atoms with Gasteiger partial charge in [-0.25, -0.2) is 0 Å². The molecule has 3 aliphatic rings. The summed E-state index contributed by atoms with van der Waals surface area (Å²) in [6, 6.07) is 8.98. The summed E-state index contributed by atoms with van der Waals surface area (Å²) in [4.78, 5) is 5.99. The number of anilines is 1. The van der Waals surface area contributed by atoms with Gasteiger partial charge in [0.25, 0.3) is 0 Å². The standard InChI is InChI=1S/C21H31N3OS/c1-23(20(26)16-5-7-17(22)8-6-16)18-9-11-21(10-4-14-25-21)15-19(18)24-12-2-3-13-24/h5-8,18-19H,2-4,9-15,22H2,1H3. The Kier molecular flexibility index (Phi) is 5.22. The molecule has 1 aromatic rings. The molecule has 0 bridgehead atoms. The highest BCUT2D eigenvalue weighted by molar-refractivity contribution is 7.80. The van der Waals surface area contributed by atoms with Crippen molar-refractivity contribution < 1.29 is 4.74 Å². The molecule has 2 saturated heterocycles. The second-order valence-corrected chi connectivity index (χ2v) is 8.68. The van der Waals surface area contributed by atoms with Gasteiger partial charge in [-0.2, -0.15) is 0 Å². The second-order valence-electron chi connectivity index (χ2n) is 8.29. The smallest absolute Gasteiger partial charge is 0.109 e. The lowest BCUT2D eigenvalue weighted by Gasteiger charge is -2.49. The van der Waals surface area contributed by atoms with Crippen LogP contribution >= 0.6 is 12.2 Å². The highest BCUT2D eigenvalue weighted by Crippen LogP contribution is 2.43. The van der Waals surface area contributed by atoms with E-state index in [9.17, 15) is 0 Å². The van der Waals surface area contributed by atoms with E-state index in [1.165, 1.54) is 38.8 Å². The first-order valence-corrected chi connectivity index (χ1v) is 10.5. The summed E-state index contributed by atoms with van der Waals surface area (Å²) in [6.07, 6.45) is 8.58. The first-order valence-electron chi connectivity index (χ1n) is 10.1. The zero-order valence-corrected chi connectivity index (χ0v) is 16.6. The van der Waals surface area contributed by atoms with Gasteiger partial charge in [0.05, 0.1) is 5.60 Å². The van der Waals surface area contributed by atoms with Crippen molar-refractivity contribution >= 4 is 22.9 Å². The first-order chi connectivity index (χ1) is 12.6. The molecule has 1 aliphatic carbocycles. The lowest BCUT2D eigenvalue weighted by Crippen LogP contribution is -2.58. The fourth-order valence-electron chi connectivity index (χ4n) is 5.21. The van der Waals surface area contributed by atoms with Gasteiger partial charge in [0.2, 0.25) is 0 Å². The van der Waals surface area contributed by atoms with E-state index in [1.54, 1.807) is 0 Å². The first kappa shape index (κ1) is 18.2. The van der Waals surface area contributed by atoms with Crippen LogP contribution in [0.15, 0.2) is 24.3 Å². The molecule has 26 heavy (non-hydrogen) atoms. The van der Waals surface area contributed by atoms with E-state index >= 15 is 0 Å². The van der Waals surface area contributed by atoms with Crippen molar-refractivity contribution in [3.63, 3.8) is 0 Å². The van der Waals surface area contributed by atoms with Gasteiger partial charge in [-0.3, -0.25) is 4.90 Å². The number of likely N-dealkylation sites (tertiary alicyclic amines) is 1. The number of nitrogens with zero attached hydrogens (tertiary/aromatic N) is 2. The summed E-state index contributed by atoms with van der Waals surface area (Å²) in [5.74, 6) is 0. The molecule has 142 valence electrons. The average molecular weight is 374 g/mol. The molecular formula is C21H31N3OS. The summed E-state index contributed by atoms with van der Waals surface area (Å²) in [5.41, 5.74) is 7.85. The Balaban J connectivity index is 1.54. The molecule has 4 rings (SSSR count). The van der Waals surface area contributed by atoms with E-state index < -0.39 is 0 Å². The SMILES string of the molecule is CN(C(=S)c1ccc(N)cc1)C1CCC2(CCCO2)CC1N1CCCC1. The summed E-state index contributed by atoms with van der Waals surface area (Å²) < 4.78 is 6.27. The molecule has 3 fully saturated rings. The number of likely N-dealkylation sites (N-methyl/N-ethyl adjacent to an activating group) is 1. The minimum atomic E-state index is 0.132.